The zero-order valence-corrected chi connectivity index (χ0v) is 16.1. The van der Waals surface area contributed by atoms with Crippen LogP contribution in [0, 0.1) is 5.92 Å². The van der Waals surface area contributed by atoms with Crippen LogP contribution in [0.3, 0.4) is 0 Å². The second-order valence-corrected chi connectivity index (χ2v) is 8.01. The number of nitrogens with one attached hydrogen (secondary N) is 1. The van der Waals surface area contributed by atoms with Gasteiger partial charge in [-0.3, -0.25) is 9.59 Å². The first-order valence-corrected chi connectivity index (χ1v) is 9.86. The highest BCUT2D eigenvalue weighted by molar-refractivity contribution is 7.17. The maximum absolute atomic E-state index is 12.3. The minimum Gasteiger partial charge on any atom is -0.365 e. The van der Waals surface area contributed by atoms with Gasteiger partial charge in [0.2, 0.25) is 5.91 Å². The fraction of sp³-hybridized carbons (Fsp3) is 0.300. The Morgan fingerprint density at radius 2 is 2.23 bits per heavy atom. The summed E-state index contributed by atoms with van der Waals surface area (Å²) >= 11 is 7.42. The monoisotopic (exact) mass is 388 g/mol. The summed E-state index contributed by atoms with van der Waals surface area (Å²) < 4.78 is 0. The summed E-state index contributed by atoms with van der Waals surface area (Å²) in [5.74, 6) is -0.141. The number of amides is 2. The highest BCUT2D eigenvalue weighted by atomic mass is 35.5. The molecule has 1 heterocycles. The van der Waals surface area contributed by atoms with E-state index in [2.05, 4.69) is 12.2 Å². The first-order valence-electron chi connectivity index (χ1n) is 8.67. The number of halogens is 1. The van der Waals surface area contributed by atoms with E-state index in [0.29, 0.717) is 21.5 Å². The van der Waals surface area contributed by atoms with Gasteiger partial charge in [-0.05, 0) is 54.5 Å². The van der Waals surface area contributed by atoms with Gasteiger partial charge < -0.3 is 11.1 Å². The molecule has 4 nitrogen and oxygen atoms in total. The van der Waals surface area contributed by atoms with Gasteiger partial charge in [-0.15, -0.1) is 11.3 Å². The van der Waals surface area contributed by atoms with Crippen LogP contribution in [-0.4, -0.2) is 11.8 Å². The molecule has 1 aromatic carbocycles. The zero-order valence-electron chi connectivity index (χ0n) is 14.5. The van der Waals surface area contributed by atoms with Crippen molar-refractivity contribution in [2.45, 2.75) is 32.6 Å². The van der Waals surface area contributed by atoms with Crippen LogP contribution in [0.4, 0.5) is 5.00 Å². The molecule has 1 aliphatic carbocycles. The lowest BCUT2D eigenvalue weighted by molar-refractivity contribution is -0.111. The van der Waals surface area contributed by atoms with Crippen LogP contribution in [0.25, 0.3) is 6.08 Å². The summed E-state index contributed by atoms with van der Waals surface area (Å²) in [6.07, 6.45) is 7.09. The molecule has 0 aliphatic heterocycles. The molecule has 0 spiro atoms. The third kappa shape index (κ3) is 4.17. The molecule has 2 amide bonds. The predicted octanol–water partition coefficient (Wildman–Crippen LogP) is 4.67. The number of thiophene rings is 1. The van der Waals surface area contributed by atoms with Gasteiger partial charge in [-0.1, -0.05) is 37.1 Å². The van der Waals surface area contributed by atoms with E-state index in [0.717, 1.165) is 36.8 Å². The van der Waals surface area contributed by atoms with E-state index in [1.54, 1.807) is 18.2 Å². The molecule has 0 fully saturated rings. The maximum Gasteiger partial charge on any atom is 0.251 e. The van der Waals surface area contributed by atoms with Crippen molar-refractivity contribution in [2.24, 2.45) is 11.7 Å². The molecule has 1 unspecified atom stereocenters. The van der Waals surface area contributed by atoms with Gasteiger partial charge in [0.25, 0.3) is 5.91 Å². The Labute approximate surface area is 162 Å². The smallest absolute Gasteiger partial charge is 0.251 e. The molecule has 0 radical (unpaired) electrons. The second kappa shape index (κ2) is 8.06. The fourth-order valence-corrected chi connectivity index (χ4v) is 4.86. The summed E-state index contributed by atoms with van der Waals surface area (Å²) in [4.78, 5) is 25.4. The van der Waals surface area contributed by atoms with E-state index in [4.69, 9.17) is 17.3 Å². The van der Waals surface area contributed by atoms with Gasteiger partial charge in [0.05, 0.1) is 5.56 Å². The van der Waals surface area contributed by atoms with E-state index in [-0.39, 0.29) is 5.91 Å². The molecule has 2 aromatic rings. The molecule has 6 heteroatoms. The Hall–Kier alpha value is -2.11. The third-order valence-corrected chi connectivity index (χ3v) is 6.11. The average molecular weight is 389 g/mol. The predicted molar refractivity (Wildman–Crippen MR) is 108 cm³/mol. The zero-order chi connectivity index (χ0) is 18.7. The Kier molecular flexibility index (Phi) is 5.79. The first kappa shape index (κ1) is 18.7. The van der Waals surface area contributed by atoms with Gasteiger partial charge in [0, 0.05) is 16.0 Å². The molecule has 1 aromatic heterocycles. The molecule has 1 atom stereocenters. The Balaban J connectivity index is 1.80. The van der Waals surface area contributed by atoms with Crippen molar-refractivity contribution in [2.75, 3.05) is 5.32 Å². The van der Waals surface area contributed by atoms with E-state index in [1.165, 1.54) is 22.3 Å². The highest BCUT2D eigenvalue weighted by Crippen LogP contribution is 2.40. The van der Waals surface area contributed by atoms with Crippen molar-refractivity contribution in [3.63, 3.8) is 0 Å². The molecular weight excluding hydrogens is 368 g/mol. The molecule has 0 saturated carbocycles. The van der Waals surface area contributed by atoms with E-state index in [9.17, 15) is 9.59 Å². The summed E-state index contributed by atoms with van der Waals surface area (Å²) in [6.45, 7) is 2.18. The number of carbonyl (C=O) groups excluding carboxylic acids is 2. The van der Waals surface area contributed by atoms with Crippen molar-refractivity contribution in [3.8, 4) is 0 Å². The number of fused-ring (bicyclic) bond motifs is 1. The quantitative estimate of drug-likeness (QED) is 0.730. The largest absolute Gasteiger partial charge is 0.365 e. The maximum atomic E-state index is 12.3. The van der Waals surface area contributed by atoms with Crippen molar-refractivity contribution < 1.29 is 9.59 Å². The fourth-order valence-electron chi connectivity index (χ4n) is 3.29. The van der Waals surface area contributed by atoms with Crippen LogP contribution >= 0.6 is 22.9 Å². The van der Waals surface area contributed by atoms with E-state index >= 15 is 0 Å². The molecule has 136 valence electrons. The molecule has 26 heavy (non-hydrogen) atoms. The number of primary amides is 1. The average Bonchev–Trinajstić information content (AvgIpc) is 2.96. The van der Waals surface area contributed by atoms with Gasteiger partial charge in [0.15, 0.2) is 0 Å². The summed E-state index contributed by atoms with van der Waals surface area (Å²) in [5.41, 5.74) is 7.91. The normalized spacial score (nSPS) is 16.5. The summed E-state index contributed by atoms with van der Waals surface area (Å²) in [5, 5.41) is 3.99. The van der Waals surface area contributed by atoms with Crippen molar-refractivity contribution >= 4 is 45.8 Å². The molecule has 3 N–H and O–H groups in total. The van der Waals surface area contributed by atoms with Crippen molar-refractivity contribution in [1.29, 1.82) is 0 Å². The van der Waals surface area contributed by atoms with Crippen molar-refractivity contribution in [1.82, 2.24) is 0 Å². The molecule has 3 rings (SSSR count). The lowest BCUT2D eigenvalue weighted by Gasteiger charge is -2.20. The standard InChI is InChI=1S/C20H21ClN2O2S/c1-2-12-6-8-15-16(11-12)26-20(18(15)19(22)25)23-17(24)9-7-13-4-3-5-14(21)10-13/h3-5,7,9-10,12H,2,6,8,11H2,1H3,(H2,22,25)(H,23,24). The van der Waals surface area contributed by atoms with E-state index in [1.807, 2.05) is 12.1 Å². The summed E-state index contributed by atoms with van der Waals surface area (Å²) in [7, 11) is 0. The lowest BCUT2D eigenvalue weighted by Crippen LogP contribution is -2.19. The molecular formula is C20H21ClN2O2S. The number of hydrogen-bond donors (Lipinski definition) is 2. The molecule has 1 aliphatic rings. The van der Waals surface area contributed by atoms with Crippen LogP contribution in [0.15, 0.2) is 30.3 Å². The number of hydrogen-bond acceptors (Lipinski definition) is 3. The minimum absolute atomic E-state index is 0.293. The first-order chi connectivity index (χ1) is 12.5. The van der Waals surface area contributed by atoms with Crippen LogP contribution in [-0.2, 0) is 17.6 Å². The van der Waals surface area contributed by atoms with Crippen LogP contribution < -0.4 is 11.1 Å². The molecule has 0 bridgehead atoms. The van der Waals surface area contributed by atoms with Gasteiger partial charge in [0.1, 0.15) is 5.00 Å². The van der Waals surface area contributed by atoms with Crippen LogP contribution in [0.2, 0.25) is 5.02 Å². The van der Waals surface area contributed by atoms with Gasteiger partial charge >= 0.3 is 0 Å². The highest BCUT2D eigenvalue weighted by Gasteiger charge is 2.27. The Morgan fingerprint density at radius 1 is 1.42 bits per heavy atom. The molecule has 0 saturated heterocycles. The van der Waals surface area contributed by atoms with Crippen molar-refractivity contribution in [3.05, 3.63) is 56.9 Å². The van der Waals surface area contributed by atoms with Crippen LogP contribution in [0.1, 0.15) is 46.1 Å². The minimum atomic E-state index is -0.480. The second-order valence-electron chi connectivity index (χ2n) is 6.47. The number of benzene rings is 1. The Morgan fingerprint density at radius 3 is 2.92 bits per heavy atom. The van der Waals surface area contributed by atoms with E-state index < -0.39 is 5.91 Å². The number of anilines is 1. The summed E-state index contributed by atoms with van der Waals surface area (Å²) in [6, 6.07) is 7.23. The number of carbonyl (C=O) groups is 2. The lowest BCUT2D eigenvalue weighted by atomic mass is 9.85. The Bertz CT molecular complexity index is 873. The number of rotatable bonds is 5. The van der Waals surface area contributed by atoms with Gasteiger partial charge in [-0.2, -0.15) is 0 Å². The SMILES string of the molecule is CCC1CCc2c(sc(NC(=O)C=Cc3cccc(Cl)c3)c2C(N)=O)C1. The number of nitrogens with two attached hydrogens (primary N) is 1. The third-order valence-electron chi connectivity index (χ3n) is 4.70. The topological polar surface area (TPSA) is 72.2 Å². The van der Waals surface area contributed by atoms with Crippen LogP contribution in [0.5, 0.6) is 0 Å². The van der Waals surface area contributed by atoms with Gasteiger partial charge in [-0.25, -0.2) is 0 Å².